The zero-order valence-corrected chi connectivity index (χ0v) is 14.0. The summed E-state index contributed by atoms with van der Waals surface area (Å²) in [5, 5.41) is 3.27. The number of nitrogens with two attached hydrogens (primary N) is 1. The predicted octanol–water partition coefficient (Wildman–Crippen LogP) is 2.27. The lowest BCUT2D eigenvalue weighted by Crippen LogP contribution is -2.52. The molecule has 4 heteroatoms. The Bertz CT molecular complexity index is 342. The van der Waals surface area contributed by atoms with Gasteiger partial charge >= 0.3 is 0 Å². The first kappa shape index (κ1) is 16.8. The summed E-state index contributed by atoms with van der Waals surface area (Å²) in [7, 11) is 0. The van der Waals surface area contributed by atoms with Crippen molar-refractivity contribution in [2.24, 2.45) is 11.7 Å². The minimum Gasteiger partial charge on any atom is -0.353 e. The Balaban J connectivity index is 1.81. The van der Waals surface area contributed by atoms with Crippen LogP contribution in [0, 0.1) is 5.92 Å². The number of piperidine rings is 1. The number of likely N-dealkylation sites (tertiary alicyclic amines) is 1. The maximum absolute atomic E-state index is 12.5. The molecule has 3 N–H and O–H groups in total. The Kier molecular flexibility index (Phi) is 5.67. The fourth-order valence-corrected chi connectivity index (χ4v) is 3.66. The van der Waals surface area contributed by atoms with Crippen LogP contribution >= 0.6 is 0 Å². The molecule has 21 heavy (non-hydrogen) atoms. The van der Waals surface area contributed by atoms with E-state index in [2.05, 4.69) is 31.0 Å². The number of hydrogen-bond donors (Lipinski definition) is 2. The van der Waals surface area contributed by atoms with Crippen molar-refractivity contribution in [2.45, 2.75) is 83.3 Å². The number of amides is 1. The highest BCUT2D eigenvalue weighted by Crippen LogP contribution is 2.24. The molecule has 4 nitrogen and oxygen atoms in total. The van der Waals surface area contributed by atoms with Gasteiger partial charge in [-0.15, -0.1) is 0 Å². The molecule has 2 aliphatic rings. The minimum atomic E-state index is 0.0353. The minimum absolute atomic E-state index is 0.0353. The lowest BCUT2D eigenvalue weighted by atomic mass is 9.93. The van der Waals surface area contributed by atoms with E-state index in [1.165, 1.54) is 12.8 Å². The number of carbonyl (C=O) groups excluding carboxylic acids is 1. The molecular weight excluding hydrogens is 262 g/mol. The molecular formula is C17H33N3O. The zero-order valence-electron chi connectivity index (χ0n) is 14.0. The van der Waals surface area contributed by atoms with Crippen LogP contribution in [0.15, 0.2) is 0 Å². The highest BCUT2D eigenvalue weighted by Gasteiger charge is 2.31. The summed E-state index contributed by atoms with van der Waals surface area (Å²) in [5.41, 5.74) is 6.43. The van der Waals surface area contributed by atoms with Crippen LogP contribution in [-0.4, -0.2) is 41.5 Å². The van der Waals surface area contributed by atoms with Crippen molar-refractivity contribution in [3.8, 4) is 0 Å². The van der Waals surface area contributed by atoms with Crippen molar-refractivity contribution < 1.29 is 4.79 Å². The Morgan fingerprint density at radius 2 is 1.67 bits per heavy atom. The van der Waals surface area contributed by atoms with Gasteiger partial charge in [0.15, 0.2) is 0 Å². The van der Waals surface area contributed by atoms with Gasteiger partial charge in [0, 0.05) is 30.7 Å². The molecule has 2 atom stereocenters. The summed E-state index contributed by atoms with van der Waals surface area (Å²) in [6.45, 7) is 8.93. The second-order valence-electron chi connectivity index (χ2n) is 7.85. The van der Waals surface area contributed by atoms with Crippen LogP contribution in [0.1, 0.15) is 65.7 Å². The molecule has 2 rings (SSSR count). The maximum Gasteiger partial charge on any atom is 0.224 e. The number of hydrogen-bond acceptors (Lipinski definition) is 3. The monoisotopic (exact) mass is 295 g/mol. The van der Waals surface area contributed by atoms with Crippen molar-refractivity contribution in [1.29, 1.82) is 0 Å². The molecule has 1 heterocycles. The molecule has 0 aromatic rings. The van der Waals surface area contributed by atoms with E-state index in [1.54, 1.807) is 0 Å². The summed E-state index contributed by atoms with van der Waals surface area (Å²) in [6, 6.07) is 0.397. The van der Waals surface area contributed by atoms with E-state index < -0.39 is 0 Å². The fourth-order valence-electron chi connectivity index (χ4n) is 3.66. The average Bonchev–Trinajstić information content (AvgIpc) is 2.63. The summed E-state index contributed by atoms with van der Waals surface area (Å²) in [4.78, 5) is 15.0. The van der Waals surface area contributed by atoms with Gasteiger partial charge in [0.1, 0.15) is 0 Å². The van der Waals surface area contributed by atoms with Crippen molar-refractivity contribution >= 4 is 5.91 Å². The van der Waals surface area contributed by atoms with Crippen molar-refractivity contribution in [3.63, 3.8) is 0 Å². The Hall–Kier alpha value is -0.610. The predicted molar refractivity (Wildman–Crippen MR) is 87.0 cm³/mol. The van der Waals surface area contributed by atoms with Gasteiger partial charge in [-0.05, 0) is 46.5 Å². The lowest BCUT2D eigenvalue weighted by Gasteiger charge is -2.41. The summed E-state index contributed by atoms with van der Waals surface area (Å²) in [6.07, 6.45) is 7.63. The van der Waals surface area contributed by atoms with Crippen LogP contribution in [0.3, 0.4) is 0 Å². The zero-order chi connectivity index (χ0) is 15.5. The molecule has 0 bridgehead atoms. The van der Waals surface area contributed by atoms with Crippen molar-refractivity contribution in [3.05, 3.63) is 0 Å². The smallest absolute Gasteiger partial charge is 0.224 e. The van der Waals surface area contributed by atoms with Gasteiger partial charge in [-0.1, -0.05) is 19.3 Å². The maximum atomic E-state index is 12.5. The highest BCUT2D eigenvalue weighted by atomic mass is 16.2. The van der Waals surface area contributed by atoms with Gasteiger partial charge in [0.2, 0.25) is 5.91 Å². The molecule has 0 radical (unpaired) electrons. The van der Waals surface area contributed by atoms with E-state index in [0.29, 0.717) is 6.04 Å². The molecule has 2 fully saturated rings. The molecule has 0 aromatic carbocycles. The van der Waals surface area contributed by atoms with Crippen LogP contribution in [0.2, 0.25) is 0 Å². The van der Waals surface area contributed by atoms with Gasteiger partial charge in [0.05, 0.1) is 5.92 Å². The first-order valence-corrected chi connectivity index (χ1v) is 8.69. The van der Waals surface area contributed by atoms with Crippen molar-refractivity contribution in [2.75, 3.05) is 13.1 Å². The van der Waals surface area contributed by atoms with Crippen LogP contribution < -0.4 is 11.1 Å². The van der Waals surface area contributed by atoms with Gasteiger partial charge in [-0.3, -0.25) is 9.69 Å². The quantitative estimate of drug-likeness (QED) is 0.768. The van der Waals surface area contributed by atoms with Gasteiger partial charge in [-0.25, -0.2) is 0 Å². The third kappa shape index (κ3) is 4.68. The lowest BCUT2D eigenvalue weighted by molar-refractivity contribution is -0.127. The summed E-state index contributed by atoms with van der Waals surface area (Å²) >= 11 is 0. The molecule has 1 saturated carbocycles. The molecule has 1 amide bonds. The van der Waals surface area contributed by atoms with E-state index in [0.717, 1.165) is 45.2 Å². The first-order valence-electron chi connectivity index (χ1n) is 8.69. The summed E-state index contributed by atoms with van der Waals surface area (Å²) < 4.78 is 0. The van der Waals surface area contributed by atoms with E-state index in [1.807, 2.05) is 0 Å². The molecule has 1 saturated heterocycles. The molecule has 122 valence electrons. The number of nitrogens with one attached hydrogen (secondary N) is 1. The first-order chi connectivity index (χ1) is 9.88. The van der Waals surface area contributed by atoms with Crippen LogP contribution in [0.5, 0.6) is 0 Å². The SMILES string of the molecule is CC(C)(C)N1CCC(NC(=O)C2CCCCCC2N)CC1. The highest BCUT2D eigenvalue weighted by molar-refractivity contribution is 5.79. The van der Waals surface area contributed by atoms with Crippen LogP contribution in [0.4, 0.5) is 0 Å². The van der Waals surface area contributed by atoms with E-state index in [4.69, 9.17) is 5.73 Å². The van der Waals surface area contributed by atoms with Crippen LogP contribution in [-0.2, 0) is 4.79 Å². The van der Waals surface area contributed by atoms with Gasteiger partial charge in [-0.2, -0.15) is 0 Å². The van der Waals surface area contributed by atoms with E-state index in [-0.39, 0.29) is 23.4 Å². The summed E-state index contributed by atoms with van der Waals surface area (Å²) in [5.74, 6) is 0.242. The molecule has 1 aliphatic carbocycles. The number of nitrogens with zero attached hydrogens (tertiary/aromatic N) is 1. The standard InChI is InChI=1S/C17H33N3O/c1-17(2,3)20-11-9-13(10-12-20)19-16(21)14-7-5-4-6-8-15(14)18/h13-15H,4-12,18H2,1-3H3,(H,19,21). The van der Waals surface area contributed by atoms with Crippen LogP contribution in [0.25, 0.3) is 0 Å². The second-order valence-corrected chi connectivity index (χ2v) is 7.85. The molecule has 2 unspecified atom stereocenters. The fraction of sp³-hybridized carbons (Fsp3) is 0.941. The third-order valence-electron chi connectivity index (χ3n) is 5.20. The molecule has 0 spiro atoms. The molecule has 0 aromatic heterocycles. The Morgan fingerprint density at radius 1 is 1.05 bits per heavy atom. The van der Waals surface area contributed by atoms with Crippen molar-refractivity contribution in [1.82, 2.24) is 10.2 Å². The van der Waals surface area contributed by atoms with E-state index >= 15 is 0 Å². The Labute approximate surface area is 129 Å². The largest absolute Gasteiger partial charge is 0.353 e. The Morgan fingerprint density at radius 3 is 2.29 bits per heavy atom. The number of rotatable bonds is 2. The van der Waals surface area contributed by atoms with Gasteiger partial charge < -0.3 is 11.1 Å². The average molecular weight is 295 g/mol. The molecule has 1 aliphatic heterocycles. The topological polar surface area (TPSA) is 58.4 Å². The van der Waals surface area contributed by atoms with Gasteiger partial charge in [0.25, 0.3) is 0 Å². The normalized spacial score (nSPS) is 29.9. The van der Waals surface area contributed by atoms with E-state index in [9.17, 15) is 4.79 Å². The number of carbonyl (C=O) groups is 1. The second kappa shape index (κ2) is 7.10. The third-order valence-corrected chi connectivity index (χ3v) is 5.20.